The largest absolute Gasteiger partial charge is 0.489 e. The molecule has 0 saturated heterocycles. The van der Waals surface area contributed by atoms with Crippen LogP contribution in [0.2, 0.25) is 0 Å². The Morgan fingerprint density at radius 3 is 2.58 bits per heavy atom. The van der Waals surface area contributed by atoms with Gasteiger partial charge in [0, 0.05) is 16.7 Å². The quantitative estimate of drug-likeness (QED) is 0.824. The number of nitrogens with one attached hydrogen (secondary N) is 1. The predicted molar refractivity (Wildman–Crippen MR) is 79.3 cm³/mol. The van der Waals surface area contributed by atoms with Crippen LogP contribution in [0.4, 0.5) is 10.1 Å². The minimum Gasteiger partial charge on any atom is -0.489 e. The van der Waals surface area contributed by atoms with E-state index in [0.29, 0.717) is 17.6 Å². The SMILES string of the molecule is Cc1ccc(NCCOc2ccc(Br)cc2F)cc1. The first-order chi connectivity index (χ1) is 9.15. The van der Waals surface area contributed by atoms with Crippen molar-refractivity contribution < 1.29 is 9.13 Å². The molecule has 19 heavy (non-hydrogen) atoms. The van der Waals surface area contributed by atoms with Crippen molar-refractivity contribution in [2.24, 2.45) is 0 Å². The molecule has 0 aliphatic rings. The summed E-state index contributed by atoms with van der Waals surface area (Å²) in [6, 6.07) is 12.9. The van der Waals surface area contributed by atoms with Crippen molar-refractivity contribution in [3.8, 4) is 5.75 Å². The lowest BCUT2D eigenvalue weighted by molar-refractivity contribution is 0.315. The maximum absolute atomic E-state index is 13.5. The summed E-state index contributed by atoms with van der Waals surface area (Å²) in [4.78, 5) is 0. The maximum Gasteiger partial charge on any atom is 0.166 e. The average molecular weight is 324 g/mol. The molecule has 4 heteroatoms. The molecule has 0 aromatic heterocycles. The number of aryl methyl sites for hydroxylation is 1. The van der Waals surface area contributed by atoms with Crippen LogP contribution in [0, 0.1) is 12.7 Å². The van der Waals surface area contributed by atoms with Gasteiger partial charge in [0.25, 0.3) is 0 Å². The van der Waals surface area contributed by atoms with Gasteiger partial charge in [-0.2, -0.15) is 0 Å². The van der Waals surface area contributed by atoms with E-state index in [1.807, 2.05) is 31.2 Å². The van der Waals surface area contributed by atoms with Crippen LogP contribution >= 0.6 is 15.9 Å². The smallest absolute Gasteiger partial charge is 0.166 e. The zero-order chi connectivity index (χ0) is 13.7. The van der Waals surface area contributed by atoms with E-state index in [9.17, 15) is 4.39 Å². The van der Waals surface area contributed by atoms with Crippen molar-refractivity contribution in [1.82, 2.24) is 0 Å². The first-order valence-corrected chi connectivity index (χ1v) is 6.83. The lowest BCUT2D eigenvalue weighted by Gasteiger charge is -2.09. The third-order valence-electron chi connectivity index (χ3n) is 2.63. The third-order valence-corrected chi connectivity index (χ3v) is 3.13. The summed E-state index contributed by atoms with van der Waals surface area (Å²) in [6.07, 6.45) is 0. The summed E-state index contributed by atoms with van der Waals surface area (Å²) in [5.74, 6) is -0.0846. The van der Waals surface area contributed by atoms with Gasteiger partial charge in [0.15, 0.2) is 11.6 Å². The normalized spacial score (nSPS) is 10.3. The van der Waals surface area contributed by atoms with Crippen molar-refractivity contribution in [2.75, 3.05) is 18.5 Å². The summed E-state index contributed by atoms with van der Waals surface area (Å²) < 4.78 is 19.6. The van der Waals surface area contributed by atoms with E-state index >= 15 is 0 Å². The topological polar surface area (TPSA) is 21.3 Å². The van der Waals surface area contributed by atoms with Gasteiger partial charge < -0.3 is 10.1 Å². The average Bonchev–Trinajstić information content (AvgIpc) is 2.39. The van der Waals surface area contributed by atoms with Crippen LogP contribution in [0.1, 0.15) is 5.56 Å². The lowest BCUT2D eigenvalue weighted by Crippen LogP contribution is -2.12. The molecule has 0 spiro atoms. The first kappa shape index (κ1) is 13.9. The van der Waals surface area contributed by atoms with Gasteiger partial charge in [-0.1, -0.05) is 33.6 Å². The number of hydrogen-bond acceptors (Lipinski definition) is 2. The van der Waals surface area contributed by atoms with Gasteiger partial charge in [-0.05, 0) is 37.3 Å². The molecule has 2 aromatic rings. The molecule has 2 aromatic carbocycles. The van der Waals surface area contributed by atoms with Gasteiger partial charge in [0.2, 0.25) is 0 Å². The van der Waals surface area contributed by atoms with E-state index in [4.69, 9.17) is 4.74 Å². The highest BCUT2D eigenvalue weighted by Crippen LogP contribution is 2.21. The molecule has 0 aliphatic heterocycles. The van der Waals surface area contributed by atoms with Crippen molar-refractivity contribution in [3.63, 3.8) is 0 Å². The van der Waals surface area contributed by atoms with Crippen LogP contribution in [0.5, 0.6) is 5.75 Å². The van der Waals surface area contributed by atoms with E-state index in [-0.39, 0.29) is 11.6 Å². The second kappa shape index (κ2) is 6.57. The predicted octanol–water partition coefficient (Wildman–Crippen LogP) is 4.39. The molecule has 2 rings (SSSR count). The summed E-state index contributed by atoms with van der Waals surface area (Å²) in [5, 5.41) is 3.22. The maximum atomic E-state index is 13.5. The number of hydrogen-bond donors (Lipinski definition) is 1. The first-order valence-electron chi connectivity index (χ1n) is 6.03. The van der Waals surface area contributed by atoms with Gasteiger partial charge in [0.05, 0.1) is 0 Å². The van der Waals surface area contributed by atoms with Crippen molar-refractivity contribution in [1.29, 1.82) is 0 Å². The Morgan fingerprint density at radius 1 is 1.16 bits per heavy atom. The summed E-state index contributed by atoms with van der Waals surface area (Å²) >= 11 is 3.21. The molecule has 0 amide bonds. The van der Waals surface area contributed by atoms with E-state index in [1.165, 1.54) is 11.6 Å². The van der Waals surface area contributed by atoms with Crippen LogP contribution < -0.4 is 10.1 Å². The number of halogens is 2. The fourth-order valence-corrected chi connectivity index (χ4v) is 1.95. The number of benzene rings is 2. The molecule has 0 saturated carbocycles. The minimum absolute atomic E-state index is 0.272. The lowest BCUT2D eigenvalue weighted by atomic mass is 10.2. The van der Waals surface area contributed by atoms with E-state index in [1.54, 1.807) is 12.1 Å². The molecular formula is C15H15BrFNO. The highest BCUT2D eigenvalue weighted by Gasteiger charge is 2.03. The van der Waals surface area contributed by atoms with Crippen LogP contribution in [0.15, 0.2) is 46.9 Å². The van der Waals surface area contributed by atoms with Crippen molar-refractivity contribution >= 4 is 21.6 Å². The second-order valence-corrected chi connectivity index (χ2v) is 5.13. The van der Waals surface area contributed by atoms with Gasteiger partial charge in [-0.15, -0.1) is 0 Å². The molecule has 0 heterocycles. The Bertz CT molecular complexity index is 542. The summed E-state index contributed by atoms with van der Waals surface area (Å²) in [5.41, 5.74) is 2.25. The van der Waals surface area contributed by atoms with E-state index in [0.717, 1.165) is 5.69 Å². The van der Waals surface area contributed by atoms with Gasteiger partial charge >= 0.3 is 0 Å². The minimum atomic E-state index is -0.357. The molecule has 100 valence electrons. The number of anilines is 1. The summed E-state index contributed by atoms with van der Waals surface area (Å²) in [7, 11) is 0. The van der Waals surface area contributed by atoms with Gasteiger partial charge in [-0.25, -0.2) is 4.39 Å². The zero-order valence-electron chi connectivity index (χ0n) is 10.6. The zero-order valence-corrected chi connectivity index (χ0v) is 12.2. The van der Waals surface area contributed by atoms with Crippen LogP contribution in [0.3, 0.4) is 0 Å². The Hall–Kier alpha value is -1.55. The number of rotatable bonds is 5. The molecule has 0 atom stereocenters. The Kier molecular flexibility index (Phi) is 4.80. The Labute approximate surface area is 120 Å². The number of ether oxygens (including phenoxy) is 1. The fourth-order valence-electron chi connectivity index (χ4n) is 1.62. The molecule has 2 nitrogen and oxygen atoms in total. The second-order valence-electron chi connectivity index (χ2n) is 4.22. The summed E-state index contributed by atoms with van der Waals surface area (Å²) in [6.45, 7) is 3.08. The van der Waals surface area contributed by atoms with Crippen molar-refractivity contribution in [3.05, 3.63) is 58.3 Å². The molecule has 1 N–H and O–H groups in total. The van der Waals surface area contributed by atoms with Crippen LogP contribution in [-0.4, -0.2) is 13.2 Å². The van der Waals surface area contributed by atoms with Crippen molar-refractivity contribution in [2.45, 2.75) is 6.92 Å². The van der Waals surface area contributed by atoms with Gasteiger partial charge in [-0.3, -0.25) is 0 Å². The fraction of sp³-hybridized carbons (Fsp3) is 0.200. The monoisotopic (exact) mass is 323 g/mol. The van der Waals surface area contributed by atoms with Gasteiger partial charge in [0.1, 0.15) is 6.61 Å². The molecular weight excluding hydrogens is 309 g/mol. The Balaban J connectivity index is 1.79. The highest BCUT2D eigenvalue weighted by atomic mass is 79.9. The molecule has 0 radical (unpaired) electrons. The molecule has 0 fully saturated rings. The van der Waals surface area contributed by atoms with Crippen LogP contribution in [0.25, 0.3) is 0 Å². The molecule has 0 bridgehead atoms. The molecule has 0 unspecified atom stereocenters. The van der Waals surface area contributed by atoms with E-state index in [2.05, 4.69) is 21.2 Å². The third kappa shape index (κ3) is 4.24. The Morgan fingerprint density at radius 2 is 1.89 bits per heavy atom. The standard InChI is InChI=1S/C15H15BrFNO/c1-11-2-5-13(6-3-11)18-8-9-19-15-7-4-12(16)10-14(15)17/h2-7,10,18H,8-9H2,1H3. The van der Waals surface area contributed by atoms with Crippen LogP contribution in [-0.2, 0) is 0 Å². The van der Waals surface area contributed by atoms with E-state index < -0.39 is 0 Å². The highest BCUT2D eigenvalue weighted by molar-refractivity contribution is 9.10. The molecule has 0 aliphatic carbocycles.